The van der Waals surface area contributed by atoms with Crippen molar-refractivity contribution >= 4 is 24.4 Å². The molecule has 1 aliphatic heterocycles. The summed E-state index contributed by atoms with van der Waals surface area (Å²) < 4.78 is 5.18. The first-order valence-corrected chi connectivity index (χ1v) is 10.7. The molecule has 1 aliphatic rings. The second-order valence-electron chi connectivity index (χ2n) is 8.85. The smallest absolute Gasteiger partial charge is 0.423 e. The third-order valence-corrected chi connectivity index (χ3v) is 4.65. The van der Waals surface area contributed by atoms with Crippen LogP contribution in [0.5, 0.6) is 0 Å². The van der Waals surface area contributed by atoms with E-state index < -0.39 is 13.0 Å². The van der Waals surface area contributed by atoms with E-state index in [-0.39, 0.29) is 11.3 Å². The molecule has 0 saturated carbocycles. The number of aryl methyl sites for hydroxylation is 2. The summed E-state index contributed by atoms with van der Waals surface area (Å²) in [6, 6.07) is 10.7. The van der Waals surface area contributed by atoms with E-state index in [1.807, 2.05) is 66.7 Å². The van der Waals surface area contributed by atoms with E-state index in [1.54, 1.807) is 18.2 Å². The number of amides is 2. The quantitative estimate of drug-likeness (QED) is 0.585. The summed E-state index contributed by atoms with van der Waals surface area (Å²) >= 11 is 0. The van der Waals surface area contributed by atoms with E-state index in [0.29, 0.717) is 29.7 Å². The van der Waals surface area contributed by atoms with Gasteiger partial charge in [-0.15, -0.1) is 0 Å². The minimum Gasteiger partial charge on any atom is -0.423 e. The Morgan fingerprint density at radius 2 is 1.68 bits per heavy atom. The van der Waals surface area contributed by atoms with Crippen molar-refractivity contribution in [1.29, 1.82) is 0 Å². The van der Waals surface area contributed by atoms with E-state index in [2.05, 4.69) is 5.43 Å². The van der Waals surface area contributed by atoms with Crippen molar-refractivity contribution in [2.45, 2.75) is 55.1 Å². The number of carbonyl (C=O) groups is 2. The van der Waals surface area contributed by atoms with Crippen LogP contribution in [0, 0.1) is 19.3 Å². The molecule has 2 aromatic rings. The normalized spacial score (nSPS) is 12.6. The van der Waals surface area contributed by atoms with Crippen LogP contribution in [-0.4, -0.2) is 35.5 Å². The van der Waals surface area contributed by atoms with Gasteiger partial charge in [0.1, 0.15) is 0 Å². The van der Waals surface area contributed by atoms with Gasteiger partial charge in [0.2, 0.25) is 0 Å². The lowest BCUT2D eigenvalue weighted by Gasteiger charge is -2.30. The highest BCUT2D eigenvalue weighted by molar-refractivity contribution is 6.61. The Hall–Kier alpha value is -2.64. The van der Waals surface area contributed by atoms with Gasteiger partial charge in [0.15, 0.2) is 0 Å². The van der Waals surface area contributed by atoms with Gasteiger partial charge in [-0.3, -0.25) is 15.0 Å². The Morgan fingerprint density at radius 3 is 2.26 bits per heavy atom. The van der Waals surface area contributed by atoms with Crippen LogP contribution in [0.25, 0.3) is 0 Å². The van der Waals surface area contributed by atoms with Crippen molar-refractivity contribution < 1.29 is 19.3 Å². The number of hydrogen-bond donors (Lipinski definition) is 2. The highest BCUT2D eigenvalue weighted by Gasteiger charge is 2.29. The van der Waals surface area contributed by atoms with Gasteiger partial charge in [0, 0.05) is 17.7 Å². The molecule has 1 heterocycles. The third kappa shape index (κ3) is 6.42. The standard InChI is InChI=1S/C22H27BN2O4.C2H6/c1-14-8-15(2)10-18(9-14)21(27)25(13-22(3,4)5)24-20(26)16-6-7-17-12-29-23(28)19(17)11-16;1-2/h6-11,28H,12-13H2,1-5H3,(H,24,26);1-2H3. The van der Waals surface area contributed by atoms with Crippen molar-refractivity contribution in [2.75, 3.05) is 6.54 Å². The van der Waals surface area contributed by atoms with Gasteiger partial charge < -0.3 is 9.68 Å². The van der Waals surface area contributed by atoms with Gasteiger partial charge in [0.25, 0.3) is 11.8 Å². The second kappa shape index (κ2) is 10.1. The lowest BCUT2D eigenvalue weighted by atomic mass is 9.79. The molecule has 0 atom stereocenters. The molecule has 0 bridgehead atoms. The van der Waals surface area contributed by atoms with Crippen molar-refractivity contribution in [3.8, 4) is 0 Å². The van der Waals surface area contributed by atoms with Gasteiger partial charge in [-0.25, -0.2) is 5.01 Å². The molecule has 31 heavy (non-hydrogen) atoms. The molecule has 0 unspecified atom stereocenters. The van der Waals surface area contributed by atoms with Crippen molar-refractivity contribution in [3.63, 3.8) is 0 Å². The Balaban J connectivity index is 0.00000166. The first kappa shape index (κ1) is 24.6. The summed E-state index contributed by atoms with van der Waals surface area (Å²) in [4.78, 5) is 26.1. The minimum absolute atomic E-state index is 0.218. The molecule has 6 nitrogen and oxygen atoms in total. The summed E-state index contributed by atoms with van der Waals surface area (Å²) in [7, 11) is -1.03. The van der Waals surface area contributed by atoms with Crippen LogP contribution in [-0.2, 0) is 11.3 Å². The van der Waals surface area contributed by atoms with Crippen LogP contribution in [0.1, 0.15) is 72.0 Å². The van der Waals surface area contributed by atoms with Gasteiger partial charge in [-0.05, 0) is 54.6 Å². The zero-order valence-electron chi connectivity index (χ0n) is 19.6. The molecule has 0 saturated heterocycles. The maximum atomic E-state index is 13.2. The fourth-order valence-corrected chi connectivity index (χ4v) is 3.43. The molecular formula is C24H33BN2O4. The predicted molar refractivity (Wildman–Crippen MR) is 124 cm³/mol. The molecule has 0 aliphatic carbocycles. The van der Waals surface area contributed by atoms with E-state index in [1.165, 1.54) is 5.01 Å². The molecule has 2 N–H and O–H groups in total. The number of nitrogens with one attached hydrogen (secondary N) is 1. The number of hydrogen-bond acceptors (Lipinski definition) is 4. The van der Waals surface area contributed by atoms with Crippen LogP contribution in [0.2, 0.25) is 0 Å². The molecule has 166 valence electrons. The summed E-state index contributed by atoms with van der Waals surface area (Å²) in [5, 5.41) is 11.3. The average molecular weight is 424 g/mol. The highest BCUT2D eigenvalue weighted by Crippen LogP contribution is 2.18. The second-order valence-corrected chi connectivity index (χ2v) is 8.85. The molecule has 3 rings (SSSR count). The number of carbonyl (C=O) groups excluding carboxylic acids is 2. The largest absolute Gasteiger partial charge is 0.491 e. The zero-order valence-corrected chi connectivity index (χ0v) is 19.6. The third-order valence-electron chi connectivity index (χ3n) is 4.65. The molecule has 0 spiro atoms. The Labute approximate surface area is 185 Å². The van der Waals surface area contributed by atoms with E-state index in [0.717, 1.165) is 16.7 Å². The SMILES string of the molecule is CC.Cc1cc(C)cc(C(=O)N(CC(C)(C)C)NC(=O)c2ccc3c(c2)B(O)OC3)c1. The fraction of sp³-hybridized carbons (Fsp3) is 0.417. The first-order valence-electron chi connectivity index (χ1n) is 10.7. The monoisotopic (exact) mass is 424 g/mol. The Kier molecular flexibility index (Phi) is 8.04. The molecule has 0 radical (unpaired) electrons. The molecule has 7 heteroatoms. The van der Waals surface area contributed by atoms with Gasteiger partial charge in [-0.2, -0.15) is 0 Å². The summed E-state index contributed by atoms with van der Waals surface area (Å²) in [5.41, 5.74) is 6.85. The Bertz CT molecular complexity index is 933. The molecule has 2 aromatic carbocycles. The number of benzene rings is 2. The van der Waals surface area contributed by atoms with Gasteiger partial charge >= 0.3 is 7.12 Å². The predicted octanol–water partition coefficient (Wildman–Crippen LogP) is 3.38. The van der Waals surface area contributed by atoms with Crippen LogP contribution in [0.4, 0.5) is 0 Å². The maximum Gasteiger partial charge on any atom is 0.491 e. The number of rotatable bonds is 3. The van der Waals surface area contributed by atoms with Crippen molar-refractivity contribution in [3.05, 3.63) is 64.2 Å². The number of hydrazine groups is 1. The van der Waals surface area contributed by atoms with E-state index in [9.17, 15) is 14.6 Å². The van der Waals surface area contributed by atoms with Crippen molar-refractivity contribution in [2.24, 2.45) is 5.41 Å². The summed E-state index contributed by atoms with van der Waals surface area (Å²) in [5.74, 6) is -0.668. The summed E-state index contributed by atoms with van der Waals surface area (Å²) in [6.45, 7) is 14.6. The summed E-state index contributed by atoms with van der Waals surface area (Å²) in [6.07, 6.45) is 0. The topological polar surface area (TPSA) is 78.9 Å². The first-order chi connectivity index (χ1) is 14.5. The van der Waals surface area contributed by atoms with Crippen LogP contribution >= 0.6 is 0 Å². The minimum atomic E-state index is -1.03. The highest BCUT2D eigenvalue weighted by atomic mass is 16.5. The van der Waals surface area contributed by atoms with E-state index >= 15 is 0 Å². The number of fused-ring (bicyclic) bond motifs is 1. The van der Waals surface area contributed by atoms with Gasteiger partial charge in [-0.1, -0.05) is 57.9 Å². The molecule has 0 aromatic heterocycles. The molecular weight excluding hydrogens is 391 g/mol. The fourth-order valence-electron chi connectivity index (χ4n) is 3.43. The zero-order chi connectivity index (χ0) is 23.3. The van der Waals surface area contributed by atoms with E-state index in [4.69, 9.17) is 4.65 Å². The maximum absolute atomic E-state index is 13.2. The van der Waals surface area contributed by atoms with Crippen molar-refractivity contribution in [1.82, 2.24) is 10.4 Å². The lowest BCUT2D eigenvalue weighted by molar-refractivity contribution is 0.0509. The molecule has 2 amide bonds. The van der Waals surface area contributed by atoms with Crippen LogP contribution in [0.15, 0.2) is 36.4 Å². The Morgan fingerprint density at radius 1 is 1.06 bits per heavy atom. The van der Waals surface area contributed by atoms with Crippen LogP contribution in [0.3, 0.4) is 0 Å². The number of nitrogens with zero attached hydrogens (tertiary/aromatic N) is 1. The lowest BCUT2D eigenvalue weighted by Crippen LogP contribution is -2.50. The van der Waals surface area contributed by atoms with Crippen LogP contribution < -0.4 is 10.9 Å². The average Bonchev–Trinajstić information content (AvgIpc) is 3.07. The van der Waals surface area contributed by atoms with Gasteiger partial charge in [0.05, 0.1) is 6.61 Å². The molecule has 0 fully saturated rings.